The van der Waals surface area contributed by atoms with Crippen LogP contribution in [-0.2, 0) is 19.9 Å². The van der Waals surface area contributed by atoms with Gasteiger partial charge in [-0.2, -0.15) is 0 Å². The number of hydrogen-bond acceptors (Lipinski definition) is 4. The third kappa shape index (κ3) is 4.41. The van der Waals surface area contributed by atoms with Gasteiger partial charge in [0.15, 0.2) is 9.84 Å². The average Bonchev–Trinajstić information content (AvgIpc) is 2.45. The molecule has 1 N–H and O–H groups in total. The van der Waals surface area contributed by atoms with Gasteiger partial charge in [0.25, 0.3) is 0 Å². The van der Waals surface area contributed by atoms with Crippen LogP contribution in [0.25, 0.3) is 0 Å². The smallest absolute Gasteiger partial charge is 0.224 e. The van der Waals surface area contributed by atoms with Crippen LogP contribution in [0.1, 0.15) is 18.5 Å². The number of hydrogen-bond donors (Lipinski definition) is 1. The minimum Gasteiger partial charge on any atom is -0.224 e. The van der Waals surface area contributed by atoms with Crippen LogP contribution in [0.2, 0.25) is 0 Å². The molecule has 0 fully saturated rings. The van der Waals surface area contributed by atoms with Gasteiger partial charge in [-0.15, -0.1) is 0 Å². The van der Waals surface area contributed by atoms with Crippen molar-refractivity contribution in [3.05, 3.63) is 58.3 Å². The van der Waals surface area contributed by atoms with E-state index in [9.17, 15) is 21.2 Å². The van der Waals surface area contributed by atoms with Crippen LogP contribution in [0.3, 0.4) is 0 Å². The van der Waals surface area contributed by atoms with E-state index >= 15 is 0 Å². The molecule has 0 aliphatic rings. The van der Waals surface area contributed by atoms with Crippen LogP contribution in [0.4, 0.5) is 4.39 Å². The second-order valence-electron chi connectivity index (χ2n) is 5.26. The molecule has 0 heterocycles. The summed E-state index contributed by atoms with van der Waals surface area (Å²) in [7, 11) is -7.19. The molecule has 24 heavy (non-hydrogen) atoms. The molecule has 5 nitrogen and oxygen atoms in total. The number of nitrogens with one attached hydrogen (secondary N) is 1. The lowest BCUT2D eigenvalue weighted by atomic mass is 10.1. The number of benzene rings is 2. The molecule has 1 unspecified atom stereocenters. The van der Waals surface area contributed by atoms with E-state index in [4.69, 9.17) is 0 Å². The van der Waals surface area contributed by atoms with Gasteiger partial charge < -0.3 is 0 Å². The molecular formula is C15H15BrFNO4S2. The fraction of sp³-hybridized carbons (Fsp3) is 0.200. The van der Waals surface area contributed by atoms with Crippen molar-refractivity contribution in [2.24, 2.45) is 0 Å². The first-order valence-corrected chi connectivity index (χ1v) is 10.9. The lowest BCUT2D eigenvalue weighted by Gasteiger charge is -2.16. The molecule has 0 aromatic heterocycles. The molecule has 0 spiro atoms. The summed E-state index contributed by atoms with van der Waals surface area (Å²) in [4.78, 5) is 0.0751. The predicted molar refractivity (Wildman–Crippen MR) is 92.4 cm³/mol. The number of rotatable bonds is 5. The van der Waals surface area contributed by atoms with Gasteiger partial charge in [-0.1, -0.05) is 12.1 Å². The molecule has 0 aliphatic carbocycles. The Morgan fingerprint density at radius 3 is 2.12 bits per heavy atom. The summed E-state index contributed by atoms with van der Waals surface area (Å²) < 4.78 is 63.4. The lowest BCUT2D eigenvalue weighted by Crippen LogP contribution is -2.27. The summed E-state index contributed by atoms with van der Waals surface area (Å²) >= 11 is 3.03. The maximum Gasteiger partial charge on any atom is 0.242 e. The molecule has 2 aromatic carbocycles. The summed E-state index contributed by atoms with van der Waals surface area (Å²) in [6.07, 6.45) is 1.10. The zero-order chi connectivity index (χ0) is 18.1. The molecule has 0 saturated heterocycles. The van der Waals surface area contributed by atoms with Crippen molar-refractivity contribution >= 4 is 35.8 Å². The van der Waals surface area contributed by atoms with Crippen LogP contribution >= 0.6 is 15.9 Å². The number of sulfone groups is 1. The standard InChI is InChI=1S/C15H15BrFNO4S2/c1-10(11-3-6-13(7-4-11)23(2,19)20)18-24(21,22)15-8-5-12(17)9-14(15)16/h3-10,18H,1-2H3. The normalized spacial score (nSPS) is 13.7. The Hall–Kier alpha value is -1.29. The first-order valence-electron chi connectivity index (χ1n) is 6.78. The van der Waals surface area contributed by atoms with E-state index in [0.717, 1.165) is 18.4 Å². The van der Waals surface area contributed by atoms with Crippen molar-refractivity contribution in [1.29, 1.82) is 0 Å². The van der Waals surface area contributed by atoms with Gasteiger partial charge in [-0.3, -0.25) is 0 Å². The molecule has 9 heteroatoms. The third-order valence-corrected chi connectivity index (χ3v) is 6.97. The minimum absolute atomic E-state index is 0.0801. The third-order valence-electron chi connectivity index (χ3n) is 3.32. The predicted octanol–water partition coefficient (Wildman–Crippen LogP) is 3.03. The second-order valence-corrected chi connectivity index (χ2v) is 9.81. The van der Waals surface area contributed by atoms with Gasteiger partial charge in [0.05, 0.1) is 9.79 Å². The zero-order valence-electron chi connectivity index (χ0n) is 12.8. The SMILES string of the molecule is CC(NS(=O)(=O)c1ccc(F)cc1Br)c1ccc(S(C)(=O)=O)cc1. The van der Waals surface area contributed by atoms with Gasteiger partial charge in [-0.25, -0.2) is 25.9 Å². The molecule has 2 rings (SSSR count). The summed E-state index contributed by atoms with van der Waals surface area (Å²) in [6, 6.07) is 8.63. The monoisotopic (exact) mass is 435 g/mol. The topological polar surface area (TPSA) is 80.3 Å². The quantitative estimate of drug-likeness (QED) is 0.782. The summed E-state index contributed by atoms with van der Waals surface area (Å²) in [6.45, 7) is 1.63. The largest absolute Gasteiger partial charge is 0.242 e. The zero-order valence-corrected chi connectivity index (χ0v) is 16.0. The molecule has 130 valence electrons. The van der Waals surface area contributed by atoms with Gasteiger partial charge >= 0.3 is 0 Å². The Balaban J connectivity index is 2.26. The molecule has 0 saturated carbocycles. The molecule has 0 aliphatic heterocycles. The first kappa shape index (κ1) is 19.0. The van der Waals surface area contributed by atoms with Crippen LogP contribution < -0.4 is 4.72 Å². The maximum absolute atomic E-state index is 13.1. The van der Waals surface area contributed by atoms with Crippen molar-refractivity contribution < 1.29 is 21.2 Å². The van der Waals surface area contributed by atoms with E-state index < -0.39 is 31.7 Å². The van der Waals surface area contributed by atoms with Gasteiger partial charge in [0.2, 0.25) is 10.0 Å². The van der Waals surface area contributed by atoms with Gasteiger partial charge in [-0.05, 0) is 58.7 Å². The van der Waals surface area contributed by atoms with Crippen molar-refractivity contribution in [3.63, 3.8) is 0 Å². The fourth-order valence-electron chi connectivity index (χ4n) is 2.06. The maximum atomic E-state index is 13.1. The Bertz CT molecular complexity index is 957. The average molecular weight is 436 g/mol. The summed E-state index contributed by atoms with van der Waals surface area (Å²) in [5.74, 6) is -0.551. The fourth-order valence-corrected chi connectivity index (χ4v) is 4.97. The molecule has 0 radical (unpaired) electrons. The van der Waals surface area contributed by atoms with Crippen molar-refractivity contribution in [2.75, 3.05) is 6.26 Å². The Morgan fingerprint density at radius 1 is 1.04 bits per heavy atom. The molecule has 2 aromatic rings. The number of sulfonamides is 1. The van der Waals surface area contributed by atoms with E-state index in [2.05, 4.69) is 20.7 Å². The van der Waals surface area contributed by atoms with Crippen molar-refractivity contribution in [2.45, 2.75) is 22.8 Å². The van der Waals surface area contributed by atoms with E-state index in [-0.39, 0.29) is 14.3 Å². The molecule has 1 atom stereocenters. The summed E-state index contributed by atoms with van der Waals surface area (Å²) in [5.41, 5.74) is 0.601. The van der Waals surface area contributed by atoms with E-state index in [0.29, 0.717) is 5.56 Å². The van der Waals surface area contributed by atoms with Gasteiger partial charge in [0.1, 0.15) is 5.82 Å². The van der Waals surface area contributed by atoms with Crippen LogP contribution in [0, 0.1) is 5.82 Å². The second kappa shape index (κ2) is 6.91. The Kier molecular flexibility index (Phi) is 5.48. The van der Waals surface area contributed by atoms with Crippen molar-refractivity contribution in [1.82, 2.24) is 4.72 Å². The molecular weight excluding hydrogens is 421 g/mol. The van der Waals surface area contributed by atoms with Crippen LogP contribution in [0.15, 0.2) is 56.7 Å². The molecule has 0 amide bonds. The highest BCUT2D eigenvalue weighted by atomic mass is 79.9. The van der Waals surface area contributed by atoms with E-state index in [1.165, 1.54) is 18.2 Å². The summed E-state index contributed by atoms with van der Waals surface area (Å²) in [5, 5.41) is 0. The van der Waals surface area contributed by atoms with Gasteiger partial charge in [0, 0.05) is 16.8 Å². The van der Waals surface area contributed by atoms with Crippen molar-refractivity contribution in [3.8, 4) is 0 Å². The Labute approximate surface area is 149 Å². The highest BCUT2D eigenvalue weighted by molar-refractivity contribution is 9.10. The van der Waals surface area contributed by atoms with E-state index in [1.54, 1.807) is 19.1 Å². The first-order chi connectivity index (χ1) is 11.0. The Morgan fingerprint density at radius 2 is 1.62 bits per heavy atom. The molecule has 0 bridgehead atoms. The minimum atomic E-state index is -3.88. The number of halogens is 2. The lowest BCUT2D eigenvalue weighted by molar-refractivity contribution is 0.565. The van der Waals surface area contributed by atoms with E-state index in [1.807, 2.05) is 0 Å². The highest BCUT2D eigenvalue weighted by Crippen LogP contribution is 2.25. The highest BCUT2D eigenvalue weighted by Gasteiger charge is 2.21. The van der Waals surface area contributed by atoms with Crippen LogP contribution in [0.5, 0.6) is 0 Å². The van der Waals surface area contributed by atoms with Crippen LogP contribution in [-0.4, -0.2) is 23.1 Å².